The summed E-state index contributed by atoms with van der Waals surface area (Å²) in [6.07, 6.45) is 1.89. The van der Waals surface area contributed by atoms with Crippen LogP contribution < -0.4 is 11.1 Å². The molecule has 0 radical (unpaired) electrons. The molecule has 6 nitrogen and oxygen atoms in total. The second-order valence-electron chi connectivity index (χ2n) is 5.33. The summed E-state index contributed by atoms with van der Waals surface area (Å²) in [5.74, 6) is -0.239. The Balaban J connectivity index is 2.40. The Labute approximate surface area is 121 Å². The lowest BCUT2D eigenvalue weighted by Crippen LogP contribution is -2.45. The van der Waals surface area contributed by atoms with Crippen molar-refractivity contribution in [2.24, 2.45) is 17.6 Å². The average molecular weight is 285 g/mol. The summed E-state index contributed by atoms with van der Waals surface area (Å²) in [5, 5.41) is 2.84. The van der Waals surface area contributed by atoms with Gasteiger partial charge in [-0.3, -0.25) is 9.59 Å². The van der Waals surface area contributed by atoms with Gasteiger partial charge in [0.1, 0.15) is 0 Å². The van der Waals surface area contributed by atoms with Gasteiger partial charge >= 0.3 is 5.97 Å². The highest BCUT2D eigenvalue weighted by molar-refractivity contribution is 5.79. The van der Waals surface area contributed by atoms with Gasteiger partial charge in [0.05, 0.1) is 18.4 Å². The van der Waals surface area contributed by atoms with E-state index in [-0.39, 0.29) is 23.7 Å². The van der Waals surface area contributed by atoms with Crippen molar-refractivity contribution in [3.05, 3.63) is 0 Å². The number of nitrogens with one attached hydrogen (secondary N) is 1. The molecule has 116 valence electrons. The fourth-order valence-corrected chi connectivity index (χ4v) is 2.52. The molecule has 2 atom stereocenters. The first-order chi connectivity index (χ1) is 9.58. The van der Waals surface area contributed by atoms with Gasteiger partial charge in [-0.15, -0.1) is 0 Å². The molecule has 1 heterocycles. The number of nitrogens with zero attached hydrogens (tertiary/aromatic N) is 1. The van der Waals surface area contributed by atoms with Gasteiger partial charge in [0.25, 0.3) is 0 Å². The van der Waals surface area contributed by atoms with Crippen LogP contribution in [0.15, 0.2) is 0 Å². The Kier molecular flexibility index (Phi) is 7.54. The standard InChI is InChI=1S/C14H27N3O3/c1-3-20-14(19)11(2)9-17-8-4-5-12(10-17)13(18)16-7-6-15/h11-12H,3-10,15H2,1-2H3,(H,16,18). The number of likely N-dealkylation sites (tertiary alicyclic amines) is 1. The highest BCUT2D eigenvalue weighted by atomic mass is 16.5. The molecule has 1 aliphatic rings. The molecule has 20 heavy (non-hydrogen) atoms. The Hall–Kier alpha value is -1.14. The second-order valence-corrected chi connectivity index (χ2v) is 5.33. The number of ether oxygens (including phenoxy) is 1. The van der Waals surface area contributed by atoms with Crippen molar-refractivity contribution in [2.45, 2.75) is 26.7 Å². The molecule has 1 saturated heterocycles. The molecule has 0 aromatic rings. The quantitative estimate of drug-likeness (QED) is 0.642. The Morgan fingerprint density at radius 2 is 2.25 bits per heavy atom. The molecule has 1 amide bonds. The first-order valence-corrected chi connectivity index (χ1v) is 7.45. The molecule has 2 unspecified atom stereocenters. The first-order valence-electron chi connectivity index (χ1n) is 7.45. The molecule has 0 aromatic heterocycles. The smallest absolute Gasteiger partial charge is 0.309 e. The summed E-state index contributed by atoms with van der Waals surface area (Å²) in [4.78, 5) is 25.7. The van der Waals surface area contributed by atoms with Crippen molar-refractivity contribution in [2.75, 3.05) is 39.3 Å². The van der Waals surface area contributed by atoms with Crippen LogP contribution in [0.1, 0.15) is 26.7 Å². The van der Waals surface area contributed by atoms with Gasteiger partial charge in [-0.05, 0) is 26.3 Å². The summed E-state index contributed by atoms with van der Waals surface area (Å²) in [5.41, 5.74) is 5.38. The highest BCUT2D eigenvalue weighted by Crippen LogP contribution is 2.18. The van der Waals surface area contributed by atoms with Crippen molar-refractivity contribution in [1.82, 2.24) is 10.2 Å². The van der Waals surface area contributed by atoms with Gasteiger partial charge in [-0.1, -0.05) is 6.92 Å². The lowest BCUT2D eigenvalue weighted by atomic mass is 9.96. The van der Waals surface area contributed by atoms with Gasteiger partial charge in [0.2, 0.25) is 5.91 Å². The van der Waals surface area contributed by atoms with Crippen LogP contribution >= 0.6 is 0 Å². The van der Waals surface area contributed by atoms with Gasteiger partial charge < -0.3 is 20.7 Å². The first kappa shape index (κ1) is 16.9. The maximum absolute atomic E-state index is 11.9. The molecule has 0 saturated carbocycles. The van der Waals surface area contributed by atoms with Crippen molar-refractivity contribution < 1.29 is 14.3 Å². The lowest BCUT2D eigenvalue weighted by Gasteiger charge is -2.33. The summed E-state index contributed by atoms with van der Waals surface area (Å²) >= 11 is 0. The number of piperidine rings is 1. The molecule has 1 aliphatic heterocycles. The molecule has 0 spiro atoms. The average Bonchev–Trinajstić information content (AvgIpc) is 2.45. The van der Waals surface area contributed by atoms with Crippen molar-refractivity contribution in [1.29, 1.82) is 0 Å². The minimum atomic E-state index is -0.165. The van der Waals surface area contributed by atoms with Crippen LogP contribution in [-0.2, 0) is 14.3 Å². The second kappa shape index (κ2) is 8.92. The molecule has 1 rings (SSSR count). The number of rotatable bonds is 7. The van der Waals surface area contributed by atoms with Crippen molar-refractivity contribution >= 4 is 11.9 Å². The van der Waals surface area contributed by atoms with Gasteiger partial charge in [-0.2, -0.15) is 0 Å². The van der Waals surface area contributed by atoms with Gasteiger partial charge in [0, 0.05) is 26.2 Å². The van der Waals surface area contributed by atoms with Crippen LogP contribution in [0.25, 0.3) is 0 Å². The van der Waals surface area contributed by atoms with E-state index in [0.29, 0.717) is 32.8 Å². The van der Waals surface area contributed by atoms with Gasteiger partial charge in [0.15, 0.2) is 0 Å². The van der Waals surface area contributed by atoms with E-state index in [4.69, 9.17) is 10.5 Å². The van der Waals surface area contributed by atoms with Crippen LogP contribution in [0.2, 0.25) is 0 Å². The SMILES string of the molecule is CCOC(=O)C(C)CN1CCCC(C(=O)NCCN)C1. The minimum absolute atomic E-state index is 0.00435. The van der Waals surface area contributed by atoms with Crippen LogP contribution in [0.5, 0.6) is 0 Å². The van der Waals surface area contributed by atoms with Crippen molar-refractivity contribution in [3.8, 4) is 0 Å². The predicted molar refractivity (Wildman–Crippen MR) is 77.0 cm³/mol. The molecule has 0 bridgehead atoms. The number of carbonyl (C=O) groups is 2. The Bertz CT molecular complexity index is 323. The monoisotopic (exact) mass is 285 g/mol. The topological polar surface area (TPSA) is 84.7 Å². The fraction of sp³-hybridized carbons (Fsp3) is 0.857. The van der Waals surface area contributed by atoms with E-state index in [1.54, 1.807) is 0 Å². The van der Waals surface area contributed by atoms with Gasteiger partial charge in [-0.25, -0.2) is 0 Å². The zero-order valence-electron chi connectivity index (χ0n) is 12.6. The summed E-state index contributed by atoms with van der Waals surface area (Å²) in [6, 6.07) is 0. The molecule has 6 heteroatoms. The van der Waals surface area contributed by atoms with E-state index >= 15 is 0 Å². The van der Waals surface area contributed by atoms with E-state index < -0.39 is 0 Å². The number of amides is 1. The third kappa shape index (κ3) is 5.46. The van der Waals surface area contributed by atoms with Crippen LogP contribution in [0, 0.1) is 11.8 Å². The van der Waals surface area contributed by atoms with Crippen molar-refractivity contribution in [3.63, 3.8) is 0 Å². The minimum Gasteiger partial charge on any atom is -0.466 e. The maximum atomic E-state index is 11.9. The van der Waals surface area contributed by atoms with E-state index in [1.165, 1.54) is 0 Å². The number of esters is 1. The molecule has 0 aliphatic carbocycles. The zero-order chi connectivity index (χ0) is 15.0. The summed E-state index contributed by atoms with van der Waals surface area (Å²) in [7, 11) is 0. The molecular weight excluding hydrogens is 258 g/mol. The lowest BCUT2D eigenvalue weighted by molar-refractivity contribution is -0.148. The van der Waals surface area contributed by atoms with E-state index in [0.717, 1.165) is 19.4 Å². The van der Waals surface area contributed by atoms with Crippen LogP contribution in [0.4, 0.5) is 0 Å². The highest BCUT2D eigenvalue weighted by Gasteiger charge is 2.27. The normalized spacial score (nSPS) is 21.2. The number of nitrogens with two attached hydrogens (primary N) is 1. The molecule has 3 N–H and O–H groups in total. The van der Waals surface area contributed by atoms with Crippen LogP contribution in [-0.4, -0.2) is 56.1 Å². The largest absolute Gasteiger partial charge is 0.466 e. The summed E-state index contributed by atoms with van der Waals surface area (Å²) in [6.45, 7) is 7.37. The number of hydrogen-bond donors (Lipinski definition) is 2. The zero-order valence-corrected chi connectivity index (χ0v) is 12.6. The third-order valence-corrected chi connectivity index (χ3v) is 3.54. The van der Waals surface area contributed by atoms with E-state index in [2.05, 4.69) is 10.2 Å². The molecular formula is C14H27N3O3. The number of hydrogen-bond acceptors (Lipinski definition) is 5. The third-order valence-electron chi connectivity index (χ3n) is 3.54. The Morgan fingerprint density at radius 3 is 2.90 bits per heavy atom. The molecule has 1 fully saturated rings. The van der Waals surface area contributed by atoms with Crippen LogP contribution in [0.3, 0.4) is 0 Å². The number of carbonyl (C=O) groups excluding carboxylic acids is 2. The van der Waals surface area contributed by atoms with E-state index in [1.807, 2.05) is 13.8 Å². The predicted octanol–water partition coefficient (Wildman–Crippen LogP) is -0.0275. The Morgan fingerprint density at radius 1 is 1.50 bits per heavy atom. The molecule has 0 aromatic carbocycles. The van der Waals surface area contributed by atoms with E-state index in [9.17, 15) is 9.59 Å². The summed E-state index contributed by atoms with van der Waals surface area (Å²) < 4.78 is 5.01. The fourth-order valence-electron chi connectivity index (χ4n) is 2.52. The maximum Gasteiger partial charge on any atom is 0.309 e.